The molecule has 0 bridgehead atoms. The minimum atomic E-state index is -3.63. The van der Waals surface area contributed by atoms with Gasteiger partial charge in [-0.1, -0.05) is 48.0 Å². The Bertz CT molecular complexity index is 784. The Morgan fingerprint density at radius 1 is 1.04 bits per heavy atom. The number of aryl methyl sites for hydroxylation is 1. The molecule has 1 heterocycles. The average Bonchev–Trinajstić information content (AvgIpc) is 2.58. The van der Waals surface area contributed by atoms with Crippen LogP contribution in [0.2, 0.25) is 0 Å². The van der Waals surface area contributed by atoms with E-state index in [9.17, 15) is 13.5 Å². The quantitative estimate of drug-likeness (QED) is 0.928. The highest BCUT2D eigenvalue weighted by atomic mass is 32.2. The summed E-state index contributed by atoms with van der Waals surface area (Å²) in [7, 11) is -3.63. The highest BCUT2D eigenvalue weighted by molar-refractivity contribution is 7.92. The number of hydrogen-bond donors (Lipinski definition) is 1. The second kappa shape index (κ2) is 6.67. The SMILES string of the molecule is Cc1ccc(S(=O)(=O)[C@H]2C[C@@H](c3ccccc3)O[C@@H](C)[C@@H]2O)cc1. The molecule has 5 heteroatoms. The first-order valence-corrected chi connectivity index (χ1v) is 9.63. The van der Waals surface area contributed by atoms with Crippen molar-refractivity contribution in [3.63, 3.8) is 0 Å². The van der Waals surface area contributed by atoms with Crippen molar-refractivity contribution in [3.8, 4) is 0 Å². The number of aliphatic hydroxyl groups excluding tert-OH is 1. The first-order chi connectivity index (χ1) is 11.4. The van der Waals surface area contributed by atoms with E-state index in [0.29, 0.717) is 0 Å². The molecule has 128 valence electrons. The van der Waals surface area contributed by atoms with Crippen LogP contribution < -0.4 is 0 Å². The Kier molecular flexibility index (Phi) is 4.76. The molecule has 0 aliphatic carbocycles. The van der Waals surface area contributed by atoms with Crippen molar-refractivity contribution in [1.29, 1.82) is 0 Å². The molecule has 3 rings (SSSR count). The van der Waals surface area contributed by atoms with Crippen LogP contribution in [-0.4, -0.2) is 31.0 Å². The van der Waals surface area contributed by atoms with Crippen molar-refractivity contribution in [3.05, 3.63) is 65.7 Å². The molecule has 0 amide bonds. The van der Waals surface area contributed by atoms with E-state index in [1.165, 1.54) is 0 Å². The third kappa shape index (κ3) is 3.24. The summed E-state index contributed by atoms with van der Waals surface area (Å²) >= 11 is 0. The minimum Gasteiger partial charge on any atom is -0.389 e. The molecule has 0 radical (unpaired) electrons. The molecular formula is C19H22O4S. The predicted octanol–water partition coefficient (Wildman–Crippen LogP) is 3.05. The molecule has 2 aromatic carbocycles. The van der Waals surface area contributed by atoms with E-state index < -0.39 is 27.3 Å². The van der Waals surface area contributed by atoms with Crippen LogP contribution in [-0.2, 0) is 14.6 Å². The van der Waals surface area contributed by atoms with Gasteiger partial charge in [-0.2, -0.15) is 0 Å². The molecule has 2 aromatic rings. The number of rotatable bonds is 3. The Morgan fingerprint density at radius 2 is 1.67 bits per heavy atom. The fourth-order valence-electron chi connectivity index (χ4n) is 3.14. The molecule has 1 aliphatic rings. The highest BCUT2D eigenvalue weighted by Gasteiger charge is 2.43. The molecule has 0 unspecified atom stereocenters. The molecule has 0 saturated carbocycles. The van der Waals surface area contributed by atoms with Gasteiger partial charge >= 0.3 is 0 Å². The lowest BCUT2D eigenvalue weighted by atomic mass is 9.96. The Morgan fingerprint density at radius 3 is 2.29 bits per heavy atom. The summed E-state index contributed by atoms with van der Waals surface area (Å²) in [6.07, 6.45) is -1.69. The van der Waals surface area contributed by atoms with Gasteiger partial charge in [-0.25, -0.2) is 8.42 Å². The van der Waals surface area contributed by atoms with Crippen molar-refractivity contribution in [2.45, 2.75) is 48.7 Å². The molecule has 0 aromatic heterocycles. The zero-order chi connectivity index (χ0) is 17.3. The summed E-state index contributed by atoms with van der Waals surface area (Å²) in [5.74, 6) is 0. The molecular weight excluding hydrogens is 324 g/mol. The van der Waals surface area contributed by atoms with Gasteiger partial charge in [0, 0.05) is 0 Å². The van der Waals surface area contributed by atoms with Crippen molar-refractivity contribution in [2.24, 2.45) is 0 Å². The number of benzene rings is 2. The summed E-state index contributed by atoms with van der Waals surface area (Å²) < 4.78 is 31.9. The van der Waals surface area contributed by atoms with Crippen molar-refractivity contribution in [1.82, 2.24) is 0 Å². The zero-order valence-electron chi connectivity index (χ0n) is 13.8. The van der Waals surface area contributed by atoms with Gasteiger partial charge in [-0.15, -0.1) is 0 Å². The van der Waals surface area contributed by atoms with Gasteiger partial charge in [0.1, 0.15) is 0 Å². The Labute approximate surface area is 143 Å². The fourth-order valence-corrected chi connectivity index (χ4v) is 5.02. The molecule has 0 spiro atoms. The Balaban J connectivity index is 1.94. The van der Waals surface area contributed by atoms with E-state index in [-0.39, 0.29) is 17.4 Å². The van der Waals surface area contributed by atoms with Crippen molar-refractivity contribution in [2.75, 3.05) is 0 Å². The van der Waals surface area contributed by atoms with Gasteiger partial charge in [0.15, 0.2) is 9.84 Å². The lowest BCUT2D eigenvalue weighted by molar-refractivity contribution is -0.107. The lowest BCUT2D eigenvalue weighted by Gasteiger charge is -2.37. The molecule has 1 N–H and O–H groups in total. The number of sulfone groups is 1. The van der Waals surface area contributed by atoms with Crippen LogP contribution in [0.5, 0.6) is 0 Å². The van der Waals surface area contributed by atoms with Crippen LogP contribution in [0.3, 0.4) is 0 Å². The smallest absolute Gasteiger partial charge is 0.183 e. The highest BCUT2D eigenvalue weighted by Crippen LogP contribution is 2.36. The summed E-state index contributed by atoms with van der Waals surface area (Å²) in [6, 6.07) is 16.3. The number of hydrogen-bond acceptors (Lipinski definition) is 4. The second-order valence-corrected chi connectivity index (χ2v) is 8.53. The molecule has 4 atom stereocenters. The van der Waals surface area contributed by atoms with Crippen LogP contribution in [0.15, 0.2) is 59.5 Å². The third-order valence-corrected chi connectivity index (χ3v) is 6.80. The minimum absolute atomic E-state index is 0.242. The van der Waals surface area contributed by atoms with Crippen LogP contribution in [0.4, 0.5) is 0 Å². The van der Waals surface area contributed by atoms with E-state index in [0.717, 1.165) is 11.1 Å². The van der Waals surface area contributed by atoms with Crippen LogP contribution in [0, 0.1) is 6.92 Å². The Hall–Kier alpha value is -1.69. The first kappa shape index (κ1) is 17.1. The van der Waals surface area contributed by atoms with Crippen LogP contribution >= 0.6 is 0 Å². The summed E-state index contributed by atoms with van der Waals surface area (Å²) in [6.45, 7) is 3.63. The van der Waals surface area contributed by atoms with Crippen molar-refractivity contribution >= 4 is 9.84 Å². The largest absolute Gasteiger partial charge is 0.389 e. The van der Waals surface area contributed by atoms with Gasteiger partial charge in [0.25, 0.3) is 0 Å². The molecule has 4 nitrogen and oxygen atoms in total. The van der Waals surface area contributed by atoms with E-state index >= 15 is 0 Å². The standard InChI is InChI=1S/C19H22O4S/c1-13-8-10-16(11-9-13)24(21,22)18-12-17(23-14(2)19(18)20)15-6-4-3-5-7-15/h3-11,14,17-20H,12H2,1-2H3/t14-,17-,18-,19-/m0/s1. The van der Waals surface area contributed by atoms with Gasteiger partial charge in [-0.05, 0) is 38.0 Å². The maximum atomic E-state index is 13.0. The predicted molar refractivity (Wildman–Crippen MR) is 92.5 cm³/mol. The normalized spacial score (nSPS) is 27.8. The lowest BCUT2D eigenvalue weighted by Crippen LogP contribution is -2.47. The molecule has 1 saturated heterocycles. The van der Waals surface area contributed by atoms with Gasteiger partial charge in [0.2, 0.25) is 0 Å². The summed E-state index contributed by atoms with van der Waals surface area (Å²) in [5, 5.41) is 9.57. The maximum absolute atomic E-state index is 13.0. The number of ether oxygens (including phenoxy) is 1. The summed E-state index contributed by atoms with van der Waals surface area (Å²) in [4.78, 5) is 0.248. The molecule has 1 aliphatic heterocycles. The van der Waals surface area contributed by atoms with E-state index in [1.807, 2.05) is 37.3 Å². The fraction of sp³-hybridized carbons (Fsp3) is 0.368. The maximum Gasteiger partial charge on any atom is 0.183 e. The van der Waals surface area contributed by atoms with Gasteiger partial charge in [0.05, 0.1) is 28.5 Å². The van der Waals surface area contributed by atoms with Crippen LogP contribution in [0.1, 0.15) is 30.6 Å². The van der Waals surface area contributed by atoms with E-state index in [2.05, 4.69) is 0 Å². The molecule has 1 fully saturated rings. The van der Waals surface area contributed by atoms with E-state index in [4.69, 9.17) is 4.74 Å². The molecule has 24 heavy (non-hydrogen) atoms. The van der Waals surface area contributed by atoms with E-state index in [1.54, 1.807) is 31.2 Å². The first-order valence-electron chi connectivity index (χ1n) is 8.08. The summed E-state index contributed by atoms with van der Waals surface area (Å²) in [5.41, 5.74) is 1.93. The van der Waals surface area contributed by atoms with Gasteiger partial charge < -0.3 is 9.84 Å². The van der Waals surface area contributed by atoms with Crippen molar-refractivity contribution < 1.29 is 18.3 Å². The van der Waals surface area contributed by atoms with Crippen LogP contribution in [0.25, 0.3) is 0 Å². The third-order valence-electron chi connectivity index (χ3n) is 4.61. The zero-order valence-corrected chi connectivity index (χ0v) is 14.6. The average molecular weight is 346 g/mol. The van der Waals surface area contributed by atoms with Gasteiger partial charge in [-0.3, -0.25) is 0 Å². The monoisotopic (exact) mass is 346 g/mol. The topological polar surface area (TPSA) is 63.6 Å². The number of aliphatic hydroxyl groups is 1. The second-order valence-electron chi connectivity index (χ2n) is 6.36.